The van der Waals surface area contributed by atoms with Crippen molar-refractivity contribution in [3.63, 3.8) is 0 Å². The summed E-state index contributed by atoms with van der Waals surface area (Å²) in [4.78, 5) is 2.11. The van der Waals surface area contributed by atoms with Gasteiger partial charge in [-0.1, -0.05) is 23.4 Å². The normalized spacial score (nSPS) is 10.1. The molecule has 0 radical (unpaired) electrons. The lowest BCUT2D eigenvalue weighted by Gasteiger charge is -2.01. The minimum absolute atomic E-state index is 0.110. The Kier molecular flexibility index (Phi) is 3.85. The second-order valence-electron chi connectivity index (χ2n) is 3.46. The van der Waals surface area contributed by atoms with Crippen LogP contribution in [0, 0.1) is 18.8 Å². The van der Waals surface area contributed by atoms with Crippen molar-refractivity contribution < 1.29 is 5.11 Å². The van der Waals surface area contributed by atoms with E-state index in [1.807, 2.05) is 23.7 Å². The maximum atomic E-state index is 8.61. The number of hydrogen-bond acceptors (Lipinski definition) is 3. The van der Waals surface area contributed by atoms with Crippen molar-refractivity contribution in [2.45, 2.75) is 13.5 Å². The monoisotopic (exact) mass is 266 g/mol. The first-order valence-electron chi connectivity index (χ1n) is 5.07. The minimum Gasteiger partial charge on any atom is -0.384 e. The summed E-state index contributed by atoms with van der Waals surface area (Å²) in [5.74, 6) is 5.51. The van der Waals surface area contributed by atoms with Gasteiger partial charge in [0.1, 0.15) is 6.61 Å². The van der Waals surface area contributed by atoms with Gasteiger partial charge in [0.2, 0.25) is 0 Å². The van der Waals surface area contributed by atoms with E-state index in [1.54, 1.807) is 17.5 Å². The highest BCUT2D eigenvalue weighted by Gasteiger charge is 2.05. The molecule has 0 aliphatic rings. The summed E-state index contributed by atoms with van der Waals surface area (Å²) in [5, 5.41) is 13.5. The molecule has 2 heterocycles. The van der Waals surface area contributed by atoms with Crippen LogP contribution in [0.25, 0.3) is 0 Å². The molecule has 0 atom stereocenters. The Bertz CT molecular complexity index is 577. The summed E-state index contributed by atoms with van der Waals surface area (Å²) in [5.41, 5.74) is 0.961. The van der Waals surface area contributed by atoms with Crippen LogP contribution >= 0.6 is 22.9 Å². The second kappa shape index (κ2) is 5.37. The van der Waals surface area contributed by atoms with E-state index in [1.165, 1.54) is 0 Å². The molecule has 0 aliphatic carbocycles. The topological polar surface area (TPSA) is 38.0 Å². The van der Waals surface area contributed by atoms with Crippen LogP contribution in [0.2, 0.25) is 5.02 Å². The van der Waals surface area contributed by atoms with E-state index in [-0.39, 0.29) is 6.61 Å². The molecule has 3 nitrogen and oxygen atoms in total. The van der Waals surface area contributed by atoms with E-state index < -0.39 is 0 Å². The van der Waals surface area contributed by atoms with Crippen molar-refractivity contribution in [2.75, 3.05) is 6.61 Å². The van der Waals surface area contributed by atoms with Gasteiger partial charge >= 0.3 is 0 Å². The molecule has 0 amide bonds. The molecule has 17 heavy (non-hydrogen) atoms. The molecule has 0 saturated carbocycles. The number of aliphatic hydroxyl groups excluding tert-OH is 1. The third-order valence-electron chi connectivity index (χ3n) is 2.30. The molecule has 0 bridgehead atoms. The van der Waals surface area contributed by atoms with E-state index in [2.05, 4.69) is 16.9 Å². The maximum Gasteiger partial charge on any atom is 0.104 e. The molecular weight excluding hydrogens is 256 g/mol. The zero-order chi connectivity index (χ0) is 12.3. The van der Waals surface area contributed by atoms with Crippen LogP contribution in [0.1, 0.15) is 15.4 Å². The number of nitrogens with zero attached hydrogens (tertiary/aromatic N) is 2. The first-order chi connectivity index (χ1) is 8.20. The standard InChI is InChI=1S/C12H11ClN2OS/c1-9-12(13)7-14-15(9)8-11-5-4-10(17-11)3-2-6-16/h4-5,7,16H,6,8H2,1H3. The molecule has 2 aromatic rings. The Balaban J connectivity index is 2.14. The van der Waals surface area contributed by atoms with Gasteiger partial charge in [-0.05, 0) is 19.1 Å². The molecule has 2 rings (SSSR count). The summed E-state index contributed by atoms with van der Waals surface area (Å²) in [6.45, 7) is 2.53. The summed E-state index contributed by atoms with van der Waals surface area (Å²) in [6.07, 6.45) is 1.65. The number of thiophene rings is 1. The van der Waals surface area contributed by atoms with Crippen molar-refractivity contribution in [3.05, 3.63) is 38.8 Å². The molecular formula is C12H11ClN2OS. The lowest BCUT2D eigenvalue weighted by Crippen LogP contribution is -2.01. The highest BCUT2D eigenvalue weighted by Crippen LogP contribution is 2.19. The van der Waals surface area contributed by atoms with Gasteiger partial charge in [0, 0.05) is 4.88 Å². The van der Waals surface area contributed by atoms with E-state index in [0.717, 1.165) is 15.4 Å². The zero-order valence-electron chi connectivity index (χ0n) is 9.27. The van der Waals surface area contributed by atoms with Crippen molar-refractivity contribution in [2.24, 2.45) is 0 Å². The average Bonchev–Trinajstić information content (AvgIpc) is 2.89. The van der Waals surface area contributed by atoms with E-state index in [0.29, 0.717) is 11.6 Å². The lowest BCUT2D eigenvalue weighted by molar-refractivity contribution is 0.350. The van der Waals surface area contributed by atoms with Gasteiger partial charge in [-0.25, -0.2) is 0 Å². The summed E-state index contributed by atoms with van der Waals surface area (Å²) >= 11 is 7.54. The Morgan fingerprint density at radius 1 is 1.53 bits per heavy atom. The number of hydrogen-bond donors (Lipinski definition) is 1. The Labute approximate surface area is 109 Å². The molecule has 0 saturated heterocycles. The predicted octanol–water partition coefficient (Wildman–Crippen LogP) is 2.30. The SMILES string of the molecule is Cc1c(Cl)cnn1Cc1ccc(C#CCO)s1. The Hall–Kier alpha value is -1.28. The minimum atomic E-state index is -0.110. The van der Waals surface area contributed by atoms with Crippen molar-refractivity contribution in [3.8, 4) is 11.8 Å². The van der Waals surface area contributed by atoms with E-state index in [4.69, 9.17) is 16.7 Å². The van der Waals surface area contributed by atoms with Crippen LogP contribution in [-0.4, -0.2) is 21.5 Å². The highest BCUT2D eigenvalue weighted by atomic mass is 35.5. The van der Waals surface area contributed by atoms with Crippen LogP contribution < -0.4 is 0 Å². The molecule has 0 fully saturated rings. The van der Waals surface area contributed by atoms with Gasteiger partial charge in [-0.3, -0.25) is 4.68 Å². The van der Waals surface area contributed by atoms with Gasteiger partial charge in [0.15, 0.2) is 0 Å². The quantitative estimate of drug-likeness (QED) is 0.847. The Morgan fingerprint density at radius 3 is 3.00 bits per heavy atom. The number of rotatable bonds is 2. The van der Waals surface area contributed by atoms with Gasteiger partial charge in [0.05, 0.1) is 28.3 Å². The lowest BCUT2D eigenvalue weighted by atomic mass is 10.4. The van der Waals surface area contributed by atoms with Crippen LogP contribution in [0.3, 0.4) is 0 Å². The fourth-order valence-corrected chi connectivity index (χ4v) is 2.39. The third kappa shape index (κ3) is 2.89. The summed E-state index contributed by atoms with van der Waals surface area (Å²) in [7, 11) is 0. The van der Waals surface area contributed by atoms with Crippen LogP contribution in [0.4, 0.5) is 0 Å². The van der Waals surface area contributed by atoms with E-state index >= 15 is 0 Å². The van der Waals surface area contributed by atoms with Gasteiger partial charge in [-0.15, -0.1) is 11.3 Å². The van der Waals surface area contributed by atoms with Crippen LogP contribution in [-0.2, 0) is 6.54 Å². The van der Waals surface area contributed by atoms with Crippen molar-refractivity contribution in [1.82, 2.24) is 9.78 Å². The third-order valence-corrected chi connectivity index (χ3v) is 3.66. The summed E-state index contributed by atoms with van der Waals surface area (Å²) < 4.78 is 1.86. The molecule has 0 aromatic carbocycles. The number of halogens is 1. The number of aromatic nitrogens is 2. The van der Waals surface area contributed by atoms with Gasteiger partial charge in [-0.2, -0.15) is 5.10 Å². The highest BCUT2D eigenvalue weighted by molar-refractivity contribution is 7.12. The van der Waals surface area contributed by atoms with Crippen LogP contribution in [0.5, 0.6) is 0 Å². The van der Waals surface area contributed by atoms with Crippen LogP contribution in [0.15, 0.2) is 18.3 Å². The summed E-state index contributed by atoms with van der Waals surface area (Å²) in [6, 6.07) is 3.96. The van der Waals surface area contributed by atoms with E-state index in [9.17, 15) is 0 Å². The first-order valence-corrected chi connectivity index (χ1v) is 6.26. The van der Waals surface area contributed by atoms with Crippen molar-refractivity contribution in [1.29, 1.82) is 0 Å². The number of aliphatic hydroxyl groups is 1. The maximum absolute atomic E-state index is 8.61. The molecule has 88 valence electrons. The fourth-order valence-electron chi connectivity index (χ4n) is 1.39. The smallest absolute Gasteiger partial charge is 0.104 e. The average molecular weight is 267 g/mol. The molecule has 0 spiro atoms. The first kappa shape index (κ1) is 12.2. The Morgan fingerprint density at radius 2 is 2.35 bits per heavy atom. The zero-order valence-corrected chi connectivity index (χ0v) is 10.8. The molecule has 0 aliphatic heterocycles. The largest absolute Gasteiger partial charge is 0.384 e. The molecule has 5 heteroatoms. The molecule has 2 aromatic heterocycles. The molecule has 1 N–H and O–H groups in total. The van der Waals surface area contributed by atoms with Gasteiger partial charge in [0.25, 0.3) is 0 Å². The predicted molar refractivity (Wildman–Crippen MR) is 69.4 cm³/mol. The second-order valence-corrected chi connectivity index (χ2v) is 5.04. The fraction of sp³-hybridized carbons (Fsp3) is 0.250. The van der Waals surface area contributed by atoms with Gasteiger partial charge < -0.3 is 5.11 Å². The van der Waals surface area contributed by atoms with Crippen molar-refractivity contribution >= 4 is 22.9 Å². The molecule has 0 unspecified atom stereocenters.